The molecule has 0 amide bonds. The van der Waals surface area contributed by atoms with Gasteiger partial charge in [-0.05, 0) is 18.8 Å². The van der Waals surface area contributed by atoms with Gasteiger partial charge in [0.2, 0.25) is 0 Å². The molecule has 2 fully saturated rings. The van der Waals surface area contributed by atoms with Gasteiger partial charge in [0, 0.05) is 12.3 Å². The number of Topliss-reactive ketones (excluding diaryl/α,β-unsaturated/α-hetero) is 1. The first-order valence-electron chi connectivity index (χ1n) is 5.89. The zero-order valence-electron chi connectivity index (χ0n) is 8.43. The summed E-state index contributed by atoms with van der Waals surface area (Å²) in [7, 11) is 0. The van der Waals surface area contributed by atoms with E-state index in [1.165, 1.54) is 51.4 Å². The number of carbonyl (C=O) groups is 1. The fourth-order valence-corrected chi connectivity index (χ4v) is 2.92. The molecule has 0 saturated heterocycles. The average molecular weight is 180 g/mol. The molecule has 0 aromatic carbocycles. The van der Waals surface area contributed by atoms with Crippen molar-refractivity contribution in [2.24, 2.45) is 11.8 Å². The van der Waals surface area contributed by atoms with Crippen LogP contribution < -0.4 is 0 Å². The summed E-state index contributed by atoms with van der Waals surface area (Å²) in [4.78, 5) is 11.6. The van der Waals surface area contributed by atoms with Gasteiger partial charge < -0.3 is 0 Å². The summed E-state index contributed by atoms with van der Waals surface area (Å²) in [5, 5.41) is 0. The molecule has 1 nitrogen and oxygen atoms in total. The Morgan fingerprint density at radius 2 is 1.62 bits per heavy atom. The largest absolute Gasteiger partial charge is 0.299 e. The first-order valence-corrected chi connectivity index (χ1v) is 5.89. The second-order valence-corrected chi connectivity index (χ2v) is 4.81. The lowest BCUT2D eigenvalue weighted by atomic mass is 9.93. The van der Waals surface area contributed by atoms with Gasteiger partial charge in [-0.1, -0.05) is 38.5 Å². The maximum absolute atomic E-state index is 11.6. The summed E-state index contributed by atoms with van der Waals surface area (Å²) in [6.45, 7) is 0. The highest BCUT2D eigenvalue weighted by molar-refractivity contribution is 5.83. The van der Waals surface area contributed by atoms with Crippen molar-refractivity contribution in [2.45, 2.75) is 57.8 Å². The monoisotopic (exact) mass is 180 g/mol. The summed E-state index contributed by atoms with van der Waals surface area (Å²) in [6.07, 6.45) is 11.5. The Kier molecular flexibility index (Phi) is 3.02. The third-order valence-corrected chi connectivity index (χ3v) is 3.73. The van der Waals surface area contributed by atoms with Crippen LogP contribution in [0, 0.1) is 11.8 Å². The molecule has 1 heteroatoms. The molecule has 2 aliphatic rings. The van der Waals surface area contributed by atoms with Gasteiger partial charge in [0.05, 0.1) is 0 Å². The van der Waals surface area contributed by atoms with Gasteiger partial charge in [-0.25, -0.2) is 0 Å². The lowest BCUT2D eigenvalue weighted by Crippen LogP contribution is -2.05. The van der Waals surface area contributed by atoms with Gasteiger partial charge in [0.15, 0.2) is 0 Å². The fraction of sp³-hybridized carbons (Fsp3) is 0.917. The normalized spacial score (nSPS) is 36.2. The van der Waals surface area contributed by atoms with E-state index in [1.54, 1.807) is 0 Å². The SMILES string of the molecule is O=C1CC2CCCCCCCC1C2. The van der Waals surface area contributed by atoms with Crippen LogP contribution in [0.4, 0.5) is 0 Å². The quantitative estimate of drug-likeness (QED) is 0.559. The van der Waals surface area contributed by atoms with Crippen molar-refractivity contribution >= 4 is 5.78 Å². The molecular weight excluding hydrogens is 160 g/mol. The topological polar surface area (TPSA) is 17.1 Å². The molecular formula is C12H20O. The van der Waals surface area contributed by atoms with Crippen molar-refractivity contribution < 1.29 is 4.79 Å². The van der Waals surface area contributed by atoms with E-state index < -0.39 is 0 Å². The number of ketones is 1. The predicted molar refractivity (Wildman–Crippen MR) is 53.5 cm³/mol. The molecule has 0 aliphatic heterocycles. The number of hydrogen-bond acceptors (Lipinski definition) is 1. The maximum Gasteiger partial charge on any atom is 0.136 e. The molecule has 2 aliphatic carbocycles. The van der Waals surface area contributed by atoms with Crippen molar-refractivity contribution in [3.8, 4) is 0 Å². The summed E-state index contributed by atoms with van der Waals surface area (Å²) < 4.78 is 0. The highest BCUT2D eigenvalue weighted by Crippen LogP contribution is 2.35. The molecule has 0 aromatic heterocycles. The molecule has 0 radical (unpaired) electrons. The van der Waals surface area contributed by atoms with E-state index >= 15 is 0 Å². The van der Waals surface area contributed by atoms with E-state index in [9.17, 15) is 4.79 Å². The standard InChI is InChI=1S/C12H20O/c13-12-9-10-6-4-2-1-3-5-7-11(12)8-10/h10-11H,1-9H2. The predicted octanol–water partition coefficient (Wildman–Crippen LogP) is 3.33. The summed E-state index contributed by atoms with van der Waals surface area (Å²) in [6, 6.07) is 0. The number of carbonyl (C=O) groups excluding carboxylic acids is 1. The zero-order chi connectivity index (χ0) is 9.10. The summed E-state index contributed by atoms with van der Waals surface area (Å²) in [5.74, 6) is 1.80. The van der Waals surface area contributed by atoms with E-state index in [-0.39, 0.29) is 0 Å². The fourth-order valence-electron chi connectivity index (χ4n) is 2.92. The molecule has 74 valence electrons. The van der Waals surface area contributed by atoms with Crippen LogP contribution in [0.1, 0.15) is 57.8 Å². The Bertz CT molecular complexity index is 186. The van der Waals surface area contributed by atoms with Gasteiger partial charge in [-0.3, -0.25) is 4.79 Å². The number of fused-ring (bicyclic) bond motifs is 2. The highest BCUT2D eigenvalue weighted by atomic mass is 16.1. The van der Waals surface area contributed by atoms with Gasteiger partial charge in [0.1, 0.15) is 5.78 Å². The average Bonchev–Trinajstić information content (AvgIpc) is 2.45. The Labute approximate surface area is 80.9 Å². The Hall–Kier alpha value is -0.330. The molecule has 2 atom stereocenters. The lowest BCUT2D eigenvalue weighted by molar-refractivity contribution is -0.120. The zero-order valence-corrected chi connectivity index (χ0v) is 8.43. The minimum atomic E-state index is 0.461. The van der Waals surface area contributed by atoms with Crippen LogP contribution in [-0.4, -0.2) is 5.78 Å². The highest BCUT2D eigenvalue weighted by Gasteiger charge is 2.31. The van der Waals surface area contributed by atoms with Gasteiger partial charge in [-0.2, -0.15) is 0 Å². The smallest absolute Gasteiger partial charge is 0.136 e. The van der Waals surface area contributed by atoms with Crippen LogP contribution in [0.5, 0.6) is 0 Å². The molecule has 0 N–H and O–H groups in total. The third kappa shape index (κ3) is 2.32. The van der Waals surface area contributed by atoms with Crippen molar-refractivity contribution in [2.75, 3.05) is 0 Å². The molecule has 0 heterocycles. The van der Waals surface area contributed by atoms with Crippen molar-refractivity contribution in [1.29, 1.82) is 0 Å². The molecule has 0 aromatic rings. The van der Waals surface area contributed by atoms with Gasteiger partial charge in [-0.15, -0.1) is 0 Å². The Balaban J connectivity index is 1.93. The molecule has 2 bridgehead atoms. The number of rotatable bonds is 0. The van der Waals surface area contributed by atoms with Crippen LogP contribution in [0.25, 0.3) is 0 Å². The molecule has 2 saturated carbocycles. The van der Waals surface area contributed by atoms with Gasteiger partial charge >= 0.3 is 0 Å². The first-order chi connectivity index (χ1) is 6.36. The molecule has 2 unspecified atom stereocenters. The van der Waals surface area contributed by atoms with Crippen LogP contribution in [0.2, 0.25) is 0 Å². The van der Waals surface area contributed by atoms with Crippen molar-refractivity contribution in [1.82, 2.24) is 0 Å². The second-order valence-electron chi connectivity index (χ2n) is 4.81. The van der Waals surface area contributed by atoms with Gasteiger partial charge in [0.25, 0.3) is 0 Å². The van der Waals surface area contributed by atoms with Crippen LogP contribution in [0.3, 0.4) is 0 Å². The van der Waals surface area contributed by atoms with E-state index in [0.717, 1.165) is 12.3 Å². The second kappa shape index (κ2) is 4.26. The Morgan fingerprint density at radius 3 is 2.46 bits per heavy atom. The molecule has 2 rings (SSSR count). The van der Waals surface area contributed by atoms with Crippen molar-refractivity contribution in [3.63, 3.8) is 0 Å². The minimum Gasteiger partial charge on any atom is -0.299 e. The summed E-state index contributed by atoms with van der Waals surface area (Å²) >= 11 is 0. The van der Waals surface area contributed by atoms with Crippen LogP contribution >= 0.6 is 0 Å². The van der Waals surface area contributed by atoms with Crippen molar-refractivity contribution in [3.05, 3.63) is 0 Å². The maximum atomic E-state index is 11.6. The molecule has 13 heavy (non-hydrogen) atoms. The lowest BCUT2D eigenvalue weighted by Gasteiger charge is -2.12. The van der Waals surface area contributed by atoms with Crippen LogP contribution in [0.15, 0.2) is 0 Å². The number of hydrogen-bond donors (Lipinski definition) is 0. The van der Waals surface area contributed by atoms with E-state index in [2.05, 4.69) is 0 Å². The summed E-state index contributed by atoms with van der Waals surface area (Å²) in [5.41, 5.74) is 0. The third-order valence-electron chi connectivity index (χ3n) is 3.73. The first kappa shape index (κ1) is 9.23. The molecule has 0 spiro atoms. The van der Waals surface area contributed by atoms with E-state index in [1.807, 2.05) is 0 Å². The van der Waals surface area contributed by atoms with Crippen LogP contribution in [-0.2, 0) is 4.79 Å². The Morgan fingerprint density at radius 1 is 0.923 bits per heavy atom. The van der Waals surface area contributed by atoms with E-state index in [0.29, 0.717) is 11.7 Å². The van der Waals surface area contributed by atoms with E-state index in [4.69, 9.17) is 0 Å². The minimum absolute atomic E-state index is 0.461.